The molecule has 0 aliphatic carbocycles. The van der Waals surface area contributed by atoms with E-state index in [1.807, 2.05) is 79.7 Å². The number of rotatable bonds is 7. The molecule has 7 nitrogen and oxygen atoms in total. The van der Waals surface area contributed by atoms with Crippen molar-refractivity contribution in [3.63, 3.8) is 0 Å². The van der Waals surface area contributed by atoms with Gasteiger partial charge in [-0.15, -0.1) is 11.8 Å². The Balaban J connectivity index is 1.52. The molecule has 5 aromatic rings. The van der Waals surface area contributed by atoms with Gasteiger partial charge in [-0.05, 0) is 54.4 Å². The Hall–Kier alpha value is -4.76. The van der Waals surface area contributed by atoms with E-state index in [4.69, 9.17) is 5.10 Å². The van der Waals surface area contributed by atoms with Gasteiger partial charge in [-0.2, -0.15) is 5.10 Å². The number of aromatic nitrogens is 3. The maximum atomic E-state index is 14.5. The number of halogens is 1. The molecule has 1 aliphatic heterocycles. The van der Waals surface area contributed by atoms with E-state index in [0.29, 0.717) is 18.1 Å². The van der Waals surface area contributed by atoms with E-state index in [1.165, 1.54) is 28.8 Å². The van der Waals surface area contributed by atoms with Gasteiger partial charge in [0.1, 0.15) is 18.2 Å². The summed E-state index contributed by atoms with van der Waals surface area (Å²) in [6.07, 6.45) is 3.34. The molecule has 0 unspecified atom stereocenters. The van der Waals surface area contributed by atoms with Crippen molar-refractivity contribution in [2.75, 3.05) is 17.2 Å². The number of thioether (sulfide) groups is 1. The van der Waals surface area contributed by atoms with Gasteiger partial charge >= 0.3 is 0 Å². The fraction of sp³-hybridized carbons (Fsp3) is 0.152. The average molecular weight is 578 g/mol. The second-order valence-electron chi connectivity index (χ2n) is 10.1. The van der Waals surface area contributed by atoms with Crippen molar-refractivity contribution in [3.8, 4) is 16.9 Å². The van der Waals surface area contributed by atoms with Crippen LogP contribution in [0, 0.1) is 12.7 Å². The van der Waals surface area contributed by atoms with Gasteiger partial charge in [0.25, 0.3) is 0 Å². The number of nitrogens with zero attached hydrogens (tertiary/aromatic N) is 4. The zero-order valence-corrected chi connectivity index (χ0v) is 23.7. The number of aryl methyl sites for hydroxylation is 1. The molecule has 0 bridgehead atoms. The van der Waals surface area contributed by atoms with Crippen LogP contribution in [0.2, 0.25) is 0 Å². The van der Waals surface area contributed by atoms with Crippen LogP contribution >= 0.6 is 11.8 Å². The number of nitrogens with one attached hydrogen (secondary N) is 1. The maximum Gasteiger partial charge on any atom is 0.240 e. The van der Waals surface area contributed by atoms with Crippen LogP contribution in [0.3, 0.4) is 0 Å². The van der Waals surface area contributed by atoms with E-state index in [2.05, 4.69) is 10.3 Å². The number of hydrogen-bond acceptors (Lipinski definition) is 5. The molecule has 210 valence electrons. The molecule has 2 aromatic heterocycles. The smallest absolute Gasteiger partial charge is 0.240 e. The van der Waals surface area contributed by atoms with Crippen LogP contribution < -0.4 is 10.2 Å². The van der Waals surface area contributed by atoms with Crippen molar-refractivity contribution >= 4 is 29.4 Å². The van der Waals surface area contributed by atoms with Crippen molar-refractivity contribution in [2.45, 2.75) is 18.7 Å². The van der Waals surface area contributed by atoms with E-state index >= 15 is 0 Å². The van der Waals surface area contributed by atoms with Crippen LogP contribution in [0.1, 0.15) is 27.5 Å². The number of anilines is 1. The second kappa shape index (κ2) is 12.0. The molecule has 6 rings (SSSR count). The molecule has 0 saturated heterocycles. The maximum absolute atomic E-state index is 14.5. The summed E-state index contributed by atoms with van der Waals surface area (Å²) in [7, 11) is 0. The van der Waals surface area contributed by atoms with E-state index in [0.717, 1.165) is 33.5 Å². The van der Waals surface area contributed by atoms with Gasteiger partial charge in [-0.3, -0.25) is 19.5 Å². The molecule has 0 radical (unpaired) electrons. The van der Waals surface area contributed by atoms with Crippen molar-refractivity contribution in [1.82, 2.24) is 20.1 Å². The van der Waals surface area contributed by atoms with Gasteiger partial charge in [0.15, 0.2) is 0 Å². The van der Waals surface area contributed by atoms with Crippen molar-refractivity contribution in [1.29, 1.82) is 0 Å². The number of fused-ring (bicyclic) bond motifs is 1. The van der Waals surface area contributed by atoms with Gasteiger partial charge in [-0.25, -0.2) is 9.07 Å². The Labute approximate surface area is 247 Å². The largest absolute Gasteiger partial charge is 0.350 e. The first kappa shape index (κ1) is 27.4. The van der Waals surface area contributed by atoms with Gasteiger partial charge in [0.2, 0.25) is 11.8 Å². The highest BCUT2D eigenvalue weighted by Crippen LogP contribution is 2.48. The summed E-state index contributed by atoms with van der Waals surface area (Å²) in [5.41, 5.74) is 5.74. The number of carbonyl (C=O) groups excluding carboxylic acids is 2. The first-order chi connectivity index (χ1) is 20.5. The number of pyridine rings is 1. The van der Waals surface area contributed by atoms with Crippen molar-refractivity contribution < 1.29 is 14.0 Å². The lowest BCUT2D eigenvalue weighted by molar-refractivity contribution is -0.123. The molecule has 2 amide bonds. The molecule has 1 aliphatic rings. The Morgan fingerprint density at radius 3 is 2.50 bits per heavy atom. The second-order valence-corrected chi connectivity index (χ2v) is 11.2. The Bertz CT molecular complexity index is 1730. The number of hydrogen-bond donors (Lipinski definition) is 1. The highest BCUT2D eigenvalue weighted by atomic mass is 32.2. The van der Waals surface area contributed by atoms with Crippen LogP contribution in [-0.4, -0.2) is 38.9 Å². The molecule has 1 N–H and O–H groups in total. The number of benzene rings is 3. The van der Waals surface area contributed by atoms with Gasteiger partial charge in [0.05, 0.1) is 22.4 Å². The predicted octanol–water partition coefficient (Wildman–Crippen LogP) is 5.87. The van der Waals surface area contributed by atoms with E-state index in [9.17, 15) is 14.0 Å². The average Bonchev–Trinajstić information content (AvgIpc) is 3.33. The topological polar surface area (TPSA) is 80.1 Å². The van der Waals surface area contributed by atoms with Crippen LogP contribution in [-0.2, 0) is 16.1 Å². The summed E-state index contributed by atoms with van der Waals surface area (Å²) >= 11 is 1.41. The number of carbonyl (C=O) groups is 2. The monoisotopic (exact) mass is 577 g/mol. The standard InChI is InChI=1S/C33H28FN5O2S/c1-22-10-12-27(13-11-22)39-33-30(31(37-39)24-6-3-2-4-7-24)32(25-8-5-9-26(34)18-25)42-21-29(41)38(33)20-28(40)36-19-23-14-16-35-17-15-23/h2-18,32H,19-21H2,1H3,(H,36,40)/t32-/m1/s1. The minimum absolute atomic E-state index is 0.107. The van der Waals surface area contributed by atoms with Gasteiger partial charge in [0, 0.05) is 30.1 Å². The highest BCUT2D eigenvalue weighted by Gasteiger charge is 2.37. The summed E-state index contributed by atoms with van der Waals surface area (Å²) in [6.45, 7) is 2.12. The summed E-state index contributed by atoms with van der Waals surface area (Å²) in [6, 6.07) is 27.7. The first-order valence-corrected chi connectivity index (χ1v) is 14.6. The van der Waals surface area contributed by atoms with Gasteiger partial charge < -0.3 is 5.32 Å². The molecule has 1 atom stereocenters. The summed E-state index contributed by atoms with van der Waals surface area (Å²) < 4.78 is 16.3. The fourth-order valence-corrected chi connectivity index (χ4v) is 6.22. The zero-order chi connectivity index (χ0) is 29.1. The fourth-order valence-electron chi connectivity index (χ4n) is 5.03. The Morgan fingerprint density at radius 1 is 1.00 bits per heavy atom. The molecule has 3 heterocycles. The molecule has 0 fully saturated rings. The van der Waals surface area contributed by atoms with Crippen molar-refractivity contribution in [3.05, 3.63) is 131 Å². The SMILES string of the molecule is Cc1ccc(-n2nc(-c3ccccc3)c3c2N(CC(=O)NCc2ccncc2)C(=O)CS[C@@H]3c2cccc(F)c2)cc1. The molecule has 9 heteroatoms. The Kier molecular flexibility index (Phi) is 7.83. The van der Waals surface area contributed by atoms with Crippen LogP contribution in [0.5, 0.6) is 0 Å². The third-order valence-corrected chi connectivity index (χ3v) is 8.36. The third-order valence-electron chi connectivity index (χ3n) is 7.11. The predicted molar refractivity (Wildman–Crippen MR) is 163 cm³/mol. The molecule has 0 saturated carbocycles. The molecule has 0 spiro atoms. The van der Waals surface area contributed by atoms with E-state index in [-0.39, 0.29) is 29.9 Å². The molecular weight excluding hydrogens is 549 g/mol. The highest BCUT2D eigenvalue weighted by molar-refractivity contribution is 8.00. The molecule has 42 heavy (non-hydrogen) atoms. The minimum atomic E-state index is -0.404. The minimum Gasteiger partial charge on any atom is -0.350 e. The quantitative estimate of drug-likeness (QED) is 0.262. The van der Waals surface area contributed by atoms with Crippen molar-refractivity contribution in [2.24, 2.45) is 0 Å². The number of amides is 2. The van der Waals surface area contributed by atoms with Gasteiger partial charge in [-0.1, -0.05) is 60.2 Å². The summed E-state index contributed by atoms with van der Waals surface area (Å²) in [5.74, 6) is -0.286. The lowest BCUT2D eigenvalue weighted by Crippen LogP contribution is -2.42. The Morgan fingerprint density at radius 2 is 1.76 bits per heavy atom. The lowest BCUT2D eigenvalue weighted by atomic mass is 9.99. The summed E-state index contributed by atoms with van der Waals surface area (Å²) in [4.78, 5) is 32.7. The lowest BCUT2D eigenvalue weighted by Gasteiger charge is -2.23. The molecule has 3 aromatic carbocycles. The molecular formula is C33H28FN5O2S. The normalized spacial score (nSPS) is 14.8. The van der Waals surface area contributed by atoms with Crippen LogP contribution in [0.4, 0.5) is 10.2 Å². The third kappa shape index (κ3) is 5.69. The van der Waals surface area contributed by atoms with E-state index < -0.39 is 5.25 Å². The van der Waals surface area contributed by atoms with E-state index in [1.54, 1.807) is 23.1 Å². The zero-order valence-electron chi connectivity index (χ0n) is 22.9. The first-order valence-electron chi connectivity index (χ1n) is 13.6. The van der Waals surface area contributed by atoms with Crippen LogP contribution in [0.25, 0.3) is 16.9 Å². The van der Waals surface area contributed by atoms with Crippen LogP contribution in [0.15, 0.2) is 103 Å². The summed E-state index contributed by atoms with van der Waals surface area (Å²) in [5, 5.41) is 7.59.